The van der Waals surface area contributed by atoms with Gasteiger partial charge in [0.2, 0.25) is 0 Å². The third kappa shape index (κ3) is 4.20. The Hall–Kier alpha value is -3.14. The van der Waals surface area contributed by atoms with Crippen LogP contribution < -0.4 is 5.73 Å². The topological polar surface area (TPSA) is 87.5 Å². The molecule has 2 aromatic heterocycles. The van der Waals surface area contributed by atoms with Crippen molar-refractivity contribution < 1.29 is 22.6 Å². The summed E-state index contributed by atoms with van der Waals surface area (Å²) in [5, 5.41) is 0.418. The molecule has 0 bridgehead atoms. The van der Waals surface area contributed by atoms with Crippen molar-refractivity contribution in [2.24, 2.45) is 10.7 Å². The first kappa shape index (κ1) is 21.1. The molecular weight excluding hydrogens is 411 g/mol. The molecule has 0 saturated carbocycles. The van der Waals surface area contributed by atoms with E-state index in [0.29, 0.717) is 46.7 Å². The van der Waals surface area contributed by atoms with Gasteiger partial charge < -0.3 is 19.8 Å². The number of ether oxygens (including phenoxy) is 2. The lowest BCUT2D eigenvalue weighted by atomic mass is 10.1. The summed E-state index contributed by atoms with van der Waals surface area (Å²) >= 11 is 0. The Morgan fingerprint density at radius 1 is 1.32 bits per heavy atom. The van der Waals surface area contributed by atoms with Gasteiger partial charge in [-0.15, -0.1) is 0 Å². The van der Waals surface area contributed by atoms with E-state index >= 15 is 0 Å². The summed E-state index contributed by atoms with van der Waals surface area (Å²) in [4.78, 5) is 13.3. The van der Waals surface area contributed by atoms with Crippen LogP contribution in [0.3, 0.4) is 0 Å². The molecule has 0 amide bonds. The number of hydrogen-bond acceptors (Lipinski definition) is 6. The monoisotopic (exact) mass is 433 g/mol. The maximum atomic E-state index is 13.4. The molecule has 10 heteroatoms. The van der Waals surface area contributed by atoms with Gasteiger partial charge in [-0.3, -0.25) is 9.98 Å². The molecule has 31 heavy (non-hydrogen) atoms. The third-order valence-electron chi connectivity index (χ3n) is 5.32. The van der Waals surface area contributed by atoms with E-state index in [-0.39, 0.29) is 12.6 Å². The van der Waals surface area contributed by atoms with Gasteiger partial charge in [-0.1, -0.05) is 0 Å². The molecule has 0 spiro atoms. The molecule has 1 aromatic carbocycles. The zero-order chi connectivity index (χ0) is 22.0. The van der Waals surface area contributed by atoms with Gasteiger partial charge in [-0.2, -0.15) is 13.2 Å². The van der Waals surface area contributed by atoms with Crippen molar-refractivity contribution in [2.75, 3.05) is 20.3 Å². The molecule has 0 unspecified atom stereocenters. The van der Waals surface area contributed by atoms with Gasteiger partial charge in [0, 0.05) is 30.8 Å². The number of nitrogens with zero attached hydrogens (tertiary/aromatic N) is 4. The first-order valence-corrected chi connectivity index (χ1v) is 9.82. The van der Waals surface area contributed by atoms with Gasteiger partial charge in [0.1, 0.15) is 11.3 Å². The van der Waals surface area contributed by atoms with Crippen LogP contribution in [0, 0.1) is 0 Å². The van der Waals surface area contributed by atoms with Crippen molar-refractivity contribution >= 4 is 28.2 Å². The molecule has 1 fully saturated rings. The minimum absolute atomic E-state index is 0.0380. The SMILES string of the molecule is COC(C=NCc1nc2cnc3ccc(C(F)(F)F)cc3c2n1C1CCOCC1)=CN. The Kier molecular flexibility index (Phi) is 5.81. The fraction of sp³-hybridized carbons (Fsp3) is 0.381. The summed E-state index contributed by atoms with van der Waals surface area (Å²) < 4.78 is 52.7. The third-order valence-corrected chi connectivity index (χ3v) is 5.32. The summed E-state index contributed by atoms with van der Waals surface area (Å²) in [5.41, 5.74) is 6.40. The standard InChI is InChI=1S/C21H22F3N5O2/c1-30-15(9-25)10-26-12-19-28-18-11-27-17-3-2-13(21(22,23)24)8-16(17)20(18)29(19)14-4-6-31-7-5-14/h2-3,8-11,14H,4-7,12,25H2,1H3. The zero-order valence-corrected chi connectivity index (χ0v) is 16.9. The molecule has 0 aliphatic carbocycles. The molecule has 1 aliphatic rings. The van der Waals surface area contributed by atoms with Crippen LogP contribution in [0.2, 0.25) is 0 Å². The van der Waals surface area contributed by atoms with E-state index in [4.69, 9.17) is 15.2 Å². The predicted molar refractivity (Wildman–Crippen MR) is 111 cm³/mol. The molecule has 1 saturated heterocycles. The van der Waals surface area contributed by atoms with Crippen molar-refractivity contribution in [1.29, 1.82) is 0 Å². The lowest BCUT2D eigenvalue weighted by molar-refractivity contribution is -0.137. The van der Waals surface area contributed by atoms with Crippen molar-refractivity contribution in [3.8, 4) is 0 Å². The number of fused-ring (bicyclic) bond motifs is 3. The number of allylic oxidation sites excluding steroid dienone is 1. The molecule has 0 atom stereocenters. The second kappa shape index (κ2) is 8.54. The normalized spacial score (nSPS) is 16.6. The van der Waals surface area contributed by atoms with Crippen LogP contribution in [0.25, 0.3) is 21.9 Å². The molecule has 0 radical (unpaired) electrons. The Labute approximate surface area is 176 Å². The van der Waals surface area contributed by atoms with E-state index in [0.717, 1.165) is 25.0 Å². The zero-order valence-electron chi connectivity index (χ0n) is 16.9. The van der Waals surface area contributed by atoms with E-state index in [9.17, 15) is 13.2 Å². The molecule has 7 nitrogen and oxygen atoms in total. The summed E-state index contributed by atoms with van der Waals surface area (Å²) in [6.07, 6.45) is 1.40. The summed E-state index contributed by atoms with van der Waals surface area (Å²) in [5.74, 6) is 1.04. The number of alkyl halides is 3. The number of methoxy groups -OCH3 is 1. The molecule has 164 valence electrons. The fourth-order valence-corrected chi connectivity index (χ4v) is 3.83. The molecule has 1 aliphatic heterocycles. The molecule has 3 heterocycles. The van der Waals surface area contributed by atoms with E-state index < -0.39 is 11.7 Å². The molecular formula is C21H22F3N5O2. The lowest BCUT2D eigenvalue weighted by Crippen LogP contribution is -2.21. The van der Waals surface area contributed by atoms with E-state index in [1.807, 2.05) is 4.57 Å². The number of benzene rings is 1. The average molecular weight is 433 g/mol. The summed E-state index contributed by atoms with van der Waals surface area (Å²) in [7, 11) is 1.48. The van der Waals surface area contributed by atoms with Gasteiger partial charge in [0.05, 0.1) is 42.7 Å². The maximum absolute atomic E-state index is 13.4. The Morgan fingerprint density at radius 2 is 2.10 bits per heavy atom. The van der Waals surface area contributed by atoms with Crippen LogP contribution >= 0.6 is 0 Å². The Bertz CT molecular complexity index is 1150. The van der Waals surface area contributed by atoms with Crippen molar-refractivity contribution in [1.82, 2.24) is 14.5 Å². The first-order chi connectivity index (χ1) is 14.9. The molecule has 3 aromatic rings. The second-order valence-electron chi connectivity index (χ2n) is 7.21. The highest BCUT2D eigenvalue weighted by molar-refractivity contribution is 6.02. The van der Waals surface area contributed by atoms with E-state index in [1.165, 1.54) is 25.6 Å². The highest BCUT2D eigenvalue weighted by Crippen LogP contribution is 2.36. The Morgan fingerprint density at radius 3 is 2.77 bits per heavy atom. The van der Waals surface area contributed by atoms with Crippen LogP contribution in [0.5, 0.6) is 0 Å². The number of rotatable bonds is 5. The second-order valence-corrected chi connectivity index (χ2v) is 7.21. The van der Waals surface area contributed by atoms with E-state index in [1.54, 1.807) is 6.20 Å². The van der Waals surface area contributed by atoms with Gasteiger partial charge in [-0.05, 0) is 31.0 Å². The van der Waals surface area contributed by atoms with Gasteiger partial charge >= 0.3 is 6.18 Å². The van der Waals surface area contributed by atoms with Crippen molar-refractivity contribution in [3.05, 3.63) is 47.7 Å². The highest BCUT2D eigenvalue weighted by atomic mass is 19.4. The fourth-order valence-electron chi connectivity index (χ4n) is 3.83. The summed E-state index contributed by atoms with van der Waals surface area (Å²) in [6.45, 7) is 1.37. The summed E-state index contributed by atoms with van der Waals surface area (Å²) in [6, 6.07) is 3.63. The number of aromatic nitrogens is 3. The largest absolute Gasteiger partial charge is 0.494 e. The number of hydrogen-bond donors (Lipinski definition) is 1. The van der Waals surface area contributed by atoms with Crippen molar-refractivity contribution in [3.63, 3.8) is 0 Å². The van der Waals surface area contributed by atoms with Gasteiger partial charge in [0.25, 0.3) is 0 Å². The van der Waals surface area contributed by atoms with Gasteiger partial charge in [-0.25, -0.2) is 4.98 Å². The van der Waals surface area contributed by atoms with Crippen LogP contribution in [0.15, 0.2) is 41.3 Å². The number of pyridine rings is 1. The lowest BCUT2D eigenvalue weighted by Gasteiger charge is -2.26. The highest BCUT2D eigenvalue weighted by Gasteiger charge is 2.31. The average Bonchev–Trinajstić information content (AvgIpc) is 3.15. The van der Waals surface area contributed by atoms with Crippen LogP contribution in [-0.4, -0.2) is 41.1 Å². The van der Waals surface area contributed by atoms with Gasteiger partial charge in [0.15, 0.2) is 5.76 Å². The molecule has 4 rings (SSSR count). The maximum Gasteiger partial charge on any atom is 0.416 e. The number of halogens is 3. The van der Waals surface area contributed by atoms with E-state index in [2.05, 4.69) is 15.0 Å². The molecule has 2 N–H and O–H groups in total. The smallest absolute Gasteiger partial charge is 0.416 e. The minimum Gasteiger partial charge on any atom is -0.494 e. The predicted octanol–water partition coefficient (Wildman–Crippen LogP) is 3.97. The van der Waals surface area contributed by atoms with Crippen LogP contribution in [0.4, 0.5) is 13.2 Å². The first-order valence-electron chi connectivity index (χ1n) is 9.82. The number of aliphatic imine (C=N–C) groups is 1. The number of imidazole rings is 1. The number of nitrogens with two attached hydrogens (primary N) is 1. The Balaban J connectivity index is 1.89. The van der Waals surface area contributed by atoms with Crippen molar-refractivity contribution in [2.45, 2.75) is 31.6 Å². The van der Waals surface area contributed by atoms with Crippen LogP contribution in [0.1, 0.15) is 30.3 Å². The quantitative estimate of drug-likeness (QED) is 0.486. The van der Waals surface area contributed by atoms with Crippen LogP contribution in [-0.2, 0) is 22.2 Å². The minimum atomic E-state index is -4.45.